The van der Waals surface area contributed by atoms with Gasteiger partial charge >= 0.3 is 11.7 Å². The Morgan fingerprint density at radius 3 is 2.62 bits per heavy atom. The van der Waals surface area contributed by atoms with Gasteiger partial charge in [0.15, 0.2) is 11.2 Å². The number of esters is 1. The molecule has 0 spiro atoms. The Hall–Kier alpha value is -3.56. The van der Waals surface area contributed by atoms with Crippen molar-refractivity contribution < 1.29 is 9.53 Å². The molecular formula is C26H25Cl2N5O4. The molecule has 1 aliphatic rings. The number of methoxy groups -OCH3 is 1. The molecule has 2 heterocycles. The number of aromatic nitrogens is 4. The number of nitrogens with zero attached hydrogens (tertiary/aromatic N) is 4. The summed E-state index contributed by atoms with van der Waals surface area (Å²) in [6, 6.07) is 11.0. The minimum absolute atomic E-state index is 0.0404. The molecule has 0 aliphatic heterocycles. The van der Waals surface area contributed by atoms with Crippen molar-refractivity contribution in [3.05, 3.63) is 84.0 Å². The number of imidazole rings is 1. The lowest BCUT2D eigenvalue weighted by molar-refractivity contribution is -0.141. The van der Waals surface area contributed by atoms with Crippen LogP contribution < -0.4 is 16.6 Å². The summed E-state index contributed by atoms with van der Waals surface area (Å²) < 4.78 is 9.00. The minimum atomic E-state index is -0.489. The van der Waals surface area contributed by atoms with Crippen LogP contribution in [0.1, 0.15) is 35.4 Å². The molecule has 5 rings (SSSR count). The Morgan fingerprint density at radius 2 is 1.89 bits per heavy atom. The average molecular weight is 542 g/mol. The van der Waals surface area contributed by atoms with Crippen LogP contribution in [0.4, 0.5) is 11.6 Å². The number of nitrogens with one attached hydrogen (secondary N) is 1. The van der Waals surface area contributed by atoms with E-state index in [2.05, 4.69) is 10.3 Å². The molecule has 1 atom stereocenters. The highest BCUT2D eigenvalue weighted by Gasteiger charge is 2.26. The van der Waals surface area contributed by atoms with E-state index in [9.17, 15) is 14.4 Å². The topological polar surface area (TPSA) is 100 Å². The van der Waals surface area contributed by atoms with Gasteiger partial charge in [-0.2, -0.15) is 4.98 Å². The smallest absolute Gasteiger partial charge is 0.332 e. The third kappa shape index (κ3) is 4.53. The van der Waals surface area contributed by atoms with Crippen LogP contribution in [0.5, 0.6) is 0 Å². The van der Waals surface area contributed by atoms with Gasteiger partial charge in [0, 0.05) is 19.8 Å². The zero-order valence-corrected chi connectivity index (χ0v) is 22.1. The lowest BCUT2D eigenvalue weighted by Crippen LogP contribution is -2.39. The summed E-state index contributed by atoms with van der Waals surface area (Å²) in [5.41, 5.74) is 3.37. The molecule has 192 valence electrons. The van der Waals surface area contributed by atoms with Gasteiger partial charge in [-0.25, -0.2) is 4.79 Å². The molecule has 4 aromatic rings. The fourth-order valence-electron chi connectivity index (χ4n) is 4.91. The predicted molar refractivity (Wildman–Crippen MR) is 143 cm³/mol. The third-order valence-corrected chi connectivity index (χ3v) is 7.67. The van der Waals surface area contributed by atoms with E-state index < -0.39 is 11.2 Å². The number of halogens is 2. The van der Waals surface area contributed by atoms with Crippen molar-refractivity contribution in [3.8, 4) is 0 Å². The van der Waals surface area contributed by atoms with E-state index in [1.54, 1.807) is 36.9 Å². The first-order valence-electron chi connectivity index (χ1n) is 11.7. The van der Waals surface area contributed by atoms with Crippen molar-refractivity contribution in [2.45, 2.75) is 31.7 Å². The van der Waals surface area contributed by atoms with Crippen molar-refractivity contribution in [1.82, 2.24) is 18.7 Å². The fraction of sp³-hybridized carbons (Fsp3) is 0.308. The van der Waals surface area contributed by atoms with Crippen molar-refractivity contribution >= 4 is 52.0 Å². The van der Waals surface area contributed by atoms with E-state index in [1.165, 1.54) is 17.2 Å². The van der Waals surface area contributed by atoms with Crippen LogP contribution in [0, 0.1) is 0 Å². The molecule has 0 amide bonds. The largest absolute Gasteiger partial charge is 0.469 e. The van der Waals surface area contributed by atoms with Crippen LogP contribution in [0.2, 0.25) is 10.0 Å². The van der Waals surface area contributed by atoms with Gasteiger partial charge in [-0.3, -0.25) is 18.7 Å². The molecule has 0 bridgehead atoms. The molecule has 2 aromatic carbocycles. The highest BCUT2D eigenvalue weighted by atomic mass is 35.5. The monoisotopic (exact) mass is 541 g/mol. The molecule has 1 unspecified atom stereocenters. The van der Waals surface area contributed by atoms with Gasteiger partial charge in [0.05, 0.1) is 30.1 Å². The zero-order valence-electron chi connectivity index (χ0n) is 20.5. The van der Waals surface area contributed by atoms with Gasteiger partial charge in [-0.1, -0.05) is 35.3 Å². The molecule has 11 heteroatoms. The van der Waals surface area contributed by atoms with Crippen LogP contribution in [-0.4, -0.2) is 31.8 Å². The number of hydrogen-bond acceptors (Lipinski definition) is 6. The maximum absolute atomic E-state index is 13.4. The standard InChI is InChI=1S/C26H25Cl2N5O4/c1-31-22-23(32(2)26(36)33(24(22)35)13-14-4-9-19(27)20(28)10-14)30-25(31)29-17-8-7-15-5-6-16(18(15)12-17)11-21(34)37-3/h4,7-10,12,16H,5-6,11,13H2,1-3H3,(H,29,30). The molecule has 1 aliphatic carbocycles. The number of fused-ring (bicyclic) bond motifs is 2. The highest BCUT2D eigenvalue weighted by Crippen LogP contribution is 2.37. The summed E-state index contributed by atoms with van der Waals surface area (Å²) in [5.74, 6) is 0.278. The first-order chi connectivity index (χ1) is 17.7. The van der Waals surface area contributed by atoms with E-state index in [0.717, 1.165) is 28.7 Å². The third-order valence-electron chi connectivity index (χ3n) is 6.93. The predicted octanol–water partition coefficient (Wildman–Crippen LogP) is 4.13. The number of anilines is 2. The lowest BCUT2D eigenvalue weighted by Gasteiger charge is -2.12. The van der Waals surface area contributed by atoms with Crippen molar-refractivity contribution in [1.29, 1.82) is 0 Å². The second kappa shape index (κ2) is 9.72. The number of aryl methyl sites for hydroxylation is 3. The summed E-state index contributed by atoms with van der Waals surface area (Å²) in [7, 11) is 4.70. The number of carbonyl (C=O) groups excluding carboxylic acids is 1. The van der Waals surface area contributed by atoms with Crippen LogP contribution in [0.25, 0.3) is 11.2 Å². The Morgan fingerprint density at radius 1 is 1.11 bits per heavy atom. The lowest BCUT2D eigenvalue weighted by atomic mass is 9.97. The Kier molecular flexibility index (Phi) is 6.59. The summed E-state index contributed by atoms with van der Waals surface area (Å²) >= 11 is 12.1. The van der Waals surface area contributed by atoms with Gasteiger partial charge in [0.2, 0.25) is 5.95 Å². The van der Waals surface area contributed by atoms with E-state index in [0.29, 0.717) is 28.0 Å². The van der Waals surface area contributed by atoms with Gasteiger partial charge < -0.3 is 14.6 Å². The molecule has 0 radical (unpaired) electrons. The second-order valence-electron chi connectivity index (χ2n) is 9.20. The first kappa shape index (κ1) is 25.1. The molecule has 0 fully saturated rings. The quantitative estimate of drug-likeness (QED) is 0.368. The molecule has 0 saturated carbocycles. The molecule has 0 saturated heterocycles. The molecular weight excluding hydrogens is 517 g/mol. The maximum Gasteiger partial charge on any atom is 0.332 e. The van der Waals surface area contributed by atoms with Gasteiger partial charge in [-0.05, 0) is 59.7 Å². The Labute approximate surface area is 222 Å². The Balaban J connectivity index is 1.51. The van der Waals surface area contributed by atoms with Gasteiger partial charge in [0.1, 0.15) is 0 Å². The van der Waals surface area contributed by atoms with Crippen LogP contribution in [0.3, 0.4) is 0 Å². The highest BCUT2D eigenvalue weighted by molar-refractivity contribution is 6.42. The number of benzene rings is 2. The van der Waals surface area contributed by atoms with Crippen molar-refractivity contribution in [3.63, 3.8) is 0 Å². The molecule has 9 nitrogen and oxygen atoms in total. The second-order valence-corrected chi connectivity index (χ2v) is 10.0. The van der Waals surface area contributed by atoms with Crippen molar-refractivity contribution in [2.24, 2.45) is 14.1 Å². The fourth-order valence-corrected chi connectivity index (χ4v) is 5.23. The zero-order chi connectivity index (χ0) is 26.4. The minimum Gasteiger partial charge on any atom is -0.469 e. The SMILES string of the molecule is COC(=O)CC1CCc2ccc(Nc3nc4c(c(=O)n(Cc5ccc(Cl)c(Cl)c5)c(=O)n4C)n3C)cc21. The van der Waals surface area contributed by atoms with E-state index in [4.69, 9.17) is 27.9 Å². The van der Waals surface area contributed by atoms with E-state index >= 15 is 0 Å². The summed E-state index contributed by atoms with van der Waals surface area (Å²) in [4.78, 5) is 42.9. The first-order valence-corrected chi connectivity index (χ1v) is 12.5. The van der Waals surface area contributed by atoms with Crippen LogP contribution in [-0.2, 0) is 36.6 Å². The molecule has 1 N–H and O–H groups in total. The van der Waals surface area contributed by atoms with E-state index in [1.807, 2.05) is 18.2 Å². The maximum atomic E-state index is 13.4. The Bertz CT molecular complexity index is 1670. The normalized spacial score (nSPS) is 14.7. The van der Waals surface area contributed by atoms with E-state index in [-0.39, 0.29) is 29.6 Å². The number of ether oxygens (including phenoxy) is 1. The van der Waals surface area contributed by atoms with Gasteiger partial charge in [-0.15, -0.1) is 0 Å². The number of rotatable bonds is 6. The van der Waals surface area contributed by atoms with Crippen LogP contribution in [0.15, 0.2) is 46.0 Å². The summed E-state index contributed by atoms with van der Waals surface area (Å²) in [6.45, 7) is 0.0404. The molecule has 2 aromatic heterocycles. The number of carbonyl (C=O) groups is 1. The average Bonchev–Trinajstić information content (AvgIpc) is 3.43. The summed E-state index contributed by atoms with van der Waals surface area (Å²) in [5, 5.41) is 4.02. The molecule has 37 heavy (non-hydrogen) atoms. The van der Waals surface area contributed by atoms with Crippen LogP contribution >= 0.6 is 23.2 Å². The van der Waals surface area contributed by atoms with Crippen molar-refractivity contribution in [2.75, 3.05) is 12.4 Å². The number of hydrogen-bond donors (Lipinski definition) is 1. The van der Waals surface area contributed by atoms with Gasteiger partial charge in [0.25, 0.3) is 5.56 Å². The summed E-state index contributed by atoms with van der Waals surface area (Å²) in [6.07, 6.45) is 2.13.